The molecule has 0 heterocycles. The van der Waals surface area contributed by atoms with Crippen molar-refractivity contribution < 1.29 is 4.79 Å². The summed E-state index contributed by atoms with van der Waals surface area (Å²) in [5, 5.41) is 3.27. The van der Waals surface area contributed by atoms with Crippen molar-refractivity contribution in [3.05, 3.63) is 56.6 Å². The number of hydrogen-bond donors (Lipinski definition) is 2. The number of amides is 1. The van der Waals surface area contributed by atoms with E-state index in [1.165, 1.54) is 0 Å². The molecule has 18 heavy (non-hydrogen) atoms. The molecule has 0 spiro atoms. The topological polar surface area (TPSA) is 55.1 Å². The molecular weight excluding hydrogens is 363 g/mol. The molecule has 0 fully saturated rings. The Bertz CT molecular complexity index is 601. The molecule has 92 valence electrons. The first kappa shape index (κ1) is 13.2. The molecule has 0 aliphatic carbocycles. The molecule has 3 nitrogen and oxygen atoms in total. The maximum atomic E-state index is 12.0. The summed E-state index contributed by atoms with van der Waals surface area (Å²) in [5.41, 5.74) is 7.32. The Morgan fingerprint density at radius 3 is 2.61 bits per heavy atom. The van der Waals surface area contributed by atoms with Gasteiger partial charge in [0.1, 0.15) is 0 Å². The second-order valence-corrected chi connectivity index (χ2v) is 5.24. The van der Waals surface area contributed by atoms with E-state index in [1.54, 1.807) is 18.2 Å². The van der Waals surface area contributed by atoms with E-state index in [0.29, 0.717) is 16.3 Å². The van der Waals surface area contributed by atoms with Gasteiger partial charge in [0.25, 0.3) is 5.91 Å². The summed E-state index contributed by atoms with van der Waals surface area (Å²) in [6, 6.07) is 12.4. The first-order valence-electron chi connectivity index (χ1n) is 5.19. The number of para-hydroxylation sites is 1. The van der Waals surface area contributed by atoms with Gasteiger partial charge in [-0.2, -0.15) is 0 Å². The van der Waals surface area contributed by atoms with Crippen molar-refractivity contribution in [2.45, 2.75) is 0 Å². The van der Waals surface area contributed by atoms with Gasteiger partial charge in [-0.15, -0.1) is 0 Å². The van der Waals surface area contributed by atoms with Crippen molar-refractivity contribution in [1.82, 2.24) is 0 Å². The molecule has 0 saturated carbocycles. The van der Waals surface area contributed by atoms with Crippen LogP contribution in [-0.4, -0.2) is 5.91 Å². The molecule has 0 aromatic heterocycles. The van der Waals surface area contributed by atoms with Gasteiger partial charge in [-0.1, -0.05) is 23.7 Å². The summed E-state index contributed by atoms with van der Waals surface area (Å²) < 4.78 is 0.977. The average molecular weight is 373 g/mol. The second-order valence-electron chi connectivity index (χ2n) is 3.67. The van der Waals surface area contributed by atoms with Gasteiger partial charge in [-0.25, -0.2) is 0 Å². The second kappa shape index (κ2) is 5.58. The van der Waals surface area contributed by atoms with Crippen LogP contribution in [0.3, 0.4) is 0 Å². The average Bonchev–Trinajstić information content (AvgIpc) is 2.35. The van der Waals surface area contributed by atoms with E-state index in [4.69, 9.17) is 17.3 Å². The highest BCUT2D eigenvalue weighted by molar-refractivity contribution is 14.1. The van der Waals surface area contributed by atoms with Crippen LogP contribution in [0, 0.1) is 3.57 Å². The lowest BCUT2D eigenvalue weighted by molar-refractivity contribution is 0.102. The molecule has 0 bridgehead atoms. The van der Waals surface area contributed by atoms with Crippen LogP contribution in [0.4, 0.5) is 11.4 Å². The third-order valence-corrected chi connectivity index (χ3v) is 3.67. The Morgan fingerprint density at radius 1 is 1.22 bits per heavy atom. The third-order valence-electron chi connectivity index (χ3n) is 2.38. The lowest BCUT2D eigenvalue weighted by Crippen LogP contribution is -2.13. The third kappa shape index (κ3) is 2.94. The number of carbonyl (C=O) groups excluding carboxylic acids is 1. The Morgan fingerprint density at radius 2 is 1.94 bits per heavy atom. The number of rotatable bonds is 2. The largest absolute Gasteiger partial charge is 0.398 e. The zero-order valence-electron chi connectivity index (χ0n) is 9.28. The molecule has 0 atom stereocenters. The molecule has 2 aromatic rings. The van der Waals surface area contributed by atoms with E-state index in [1.807, 2.05) is 24.3 Å². The van der Waals surface area contributed by atoms with Crippen LogP contribution in [0.15, 0.2) is 42.5 Å². The number of benzene rings is 2. The van der Waals surface area contributed by atoms with Crippen LogP contribution < -0.4 is 11.1 Å². The van der Waals surface area contributed by atoms with Crippen LogP contribution in [0.1, 0.15) is 10.4 Å². The van der Waals surface area contributed by atoms with Crippen LogP contribution in [0.25, 0.3) is 0 Å². The highest BCUT2D eigenvalue weighted by Crippen LogP contribution is 2.21. The zero-order valence-corrected chi connectivity index (χ0v) is 12.2. The van der Waals surface area contributed by atoms with E-state index in [2.05, 4.69) is 27.9 Å². The van der Waals surface area contributed by atoms with E-state index in [0.717, 1.165) is 9.26 Å². The number of nitrogen functional groups attached to an aromatic ring is 1. The molecule has 3 N–H and O–H groups in total. The van der Waals surface area contributed by atoms with Gasteiger partial charge in [-0.05, 0) is 52.9 Å². The van der Waals surface area contributed by atoms with Gasteiger partial charge in [0, 0.05) is 9.13 Å². The molecule has 0 aliphatic rings. The van der Waals surface area contributed by atoms with E-state index in [-0.39, 0.29) is 5.91 Å². The maximum absolute atomic E-state index is 12.0. The van der Waals surface area contributed by atoms with Crippen LogP contribution in [-0.2, 0) is 0 Å². The van der Waals surface area contributed by atoms with Gasteiger partial charge in [-0.3, -0.25) is 4.79 Å². The number of nitrogens with one attached hydrogen (secondary N) is 1. The molecular formula is C13H10ClIN2O. The van der Waals surface area contributed by atoms with E-state index in [9.17, 15) is 4.79 Å². The summed E-state index contributed by atoms with van der Waals surface area (Å²) in [5.74, 6) is -0.206. The van der Waals surface area contributed by atoms with Crippen LogP contribution in [0.5, 0.6) is 0 Å². The van der Waals surface area contributed by atoms with Crippen molar-refractivity contribution in [3.63, 3.8) is 0 Å². The lowest BCUT2D eigenvalue weighted by atomic mass is 10.2. The standard InChI is InChI=1S/C13H10ClIN2O/c14-9-6-5-8(7-11(9)16)13(18)17-12-4-2-1-3-10(12)15/h1-7H,16H2,(H,17,18). The van der Waals surface area contributed by atoms with Crippen molar-refractivity contribution in [2.24, 2.45) is 0 Å². The van der Waals surface area contributed by atoms with Gasteiger partial charge < -0.3 is 11.1 Å². The van der Waals surface area contributed by atoms with Gasteiger partial charge in [0.05, 0.1) is 16.4 Å². The fourth-order valence-electron chi connectivity index (χ4n) is 1.44. The molecule has 0 unspecified atom stereocenters. The number of anilines is 2. The van der Waals surface area contributed by atoms with Gasteiger partial charge in [0.2, 0.25) is 0 Å². The Kier molecular flexibility index (Phi) is 4.08. The first-order chi connectivity index (χ1) is 8.58. The number of carbonyl (C=O) groups is 1. The summed E-state index contributed by atoms with van der Waals surface area (Å²) in [6.07, 6.45) is 0. The molecule has 0 aliphatic heterocycles. The Balaban J connectivity index is 2.22. The fraction of sp³-hybridized carbons (Fsp3) is 0. The monoisotopic (exact) mass is 372 g/mol. The summed E-state index contributed by atoms with van der Waals surface area (Å²) in [4.78, 5) is 12.0. The molecule has 0 radical (unpaired) electrons. The molecule has 1 amide bonds. The Labute approximate surface area is 123 Å². The minimum absolute atomic E-state index is 0.206. The minimum Gasteiger partial charge on any atom is -0.398 e. The zero-order chi connectivity index (χ0) is 13.1. The van der Waals surface area contributed by atoms with Gasteiger partial charge in [0.15, 0.2) is 0 Å². The predicted octanol–water partition coefficient (Wildman–Crippen LogP) is 3.78. The van der Waals surface area contributed by atoms with Gasteiger partial charge >= 0.3 is 0 Å². The van der Waals surface area contributed by atoms with E-state index >= 15 is 0 Å². The van der Waals surface area contributed by atoms with Crippen LogP contribution in [0.2, 0.25) is 5.02 Å². The number of nitrogens with two attached hydrogens (primary N) is 1. The highest BCUT2D eigenvalue weighted by Gasteiger charge is 2.09. The summed E-state index contributed by atoms with van der Waals surface area (Å²) in [6.45, 7) is 0. The minimum atomic E-state index is -0.206. The molecule has 2 rings (SSSR count). The Hall–Kier alpha value is -1.27. The molecule has 2 aromatic carbocycles. The van der Waals surface area contributed by atoms with Crippen molar-refractivity contribution in [2.75, 3.05) is 11.1 Å². The molecule has 5 heteroatoms. The number of hydrogen-bond acceptors (Lipinski definition) is 2. The number of halogens is 2. The quantitative estimate of drug-likeness (QED) is 0.623. The highest BCUT2D eigenvalue weighted by atomic mass is 127. The van der Waals surface area contributed by atoms with Crippen molar-refractivity contribution >= 4 is 51.5 Å². The smallest absolute Gasteiger partial charge is 0.255 e. The normalized spacial score (nSPS) is 10.1. The SMILES string of the molecule is Nc1cc(C(=O)Nc2ccccc2I)ccc1Cl. The van der Waals surface area contributed by atoms with E-state index < -0.39 is 0 Å². The summed E-state index contributed by atoms with van der Waals surface area (Å²) >= 11 is 7.98. The predicted molar refractivity (Wildman–Crippen MR) is 83.0 cm³/mol. The molecule has 0 saturated heterocycles. The first-order valence-corrected chi connectivity index (χ1v) is 6.64. The fourth-order valence-corrected chi connectivity index (χ4v) is 2.08. The van der Waals surface area contributed by atoms with Crippen molar-refractivity contribution in [3.8, 4) is 0 Å². The van der Waals surface area contributed by atoms with Crippen LogP contribution >= 0.6 is 34.2 Å². The van der Waals surface area contributed by atoms with Crippen molar-refractivity contribution in [1.29, 1.82) is 0 Å². The summed E-state index contributed by atoms with van der Waals surface area (Å²) in [7, 11) is 0. The maximum Gasteiger partial charge on any atom is 0.255 e. The lowest BCUT2D eigenvalue weighted by Gasteiger charge is -2.08.